The van der Waals surface area contributed by atoms with Crippen molar-refractivity contribution in [2.24, 2.45) is 5.92 Å². The maximum Gasteiger partial charge on any atom is 0.254 e. The Hall–Kier alpha value is -3.03. The van der Waals surface area contributed by atoms with E-state index in [1.807, 2.05) is 6.07 Å². The summed E-state index contributed by atoms with van der Waals surface area (Å²) >= 11 is 0. The van der Waals surface area contributed by atoms with Gasteiger partial charge in [0, 0.05) is 0 Å². The number of hydrogen-bond donors (Lipinski definition) is 2. The van der Waals surface area contributed by atoms with Crippen molar-refractivity contribution in [3.8, 4) is 0 Å². The van der Waals surface area contributed by atoms with E-state index in [9.17, 15) is 19.1 Å². The first-order valence-electron chi connectivity index (χ1n) is 13.6. The van der Waals surface area contributed by atoms with Crippen molar-refractivity contribution in [3.05, 3.63) is 72.6 Å². The number of fused-ring (bicyclic) bond motifs is 1. The lowest BCUT2D eigenvalue weighted by Crippen LogP contribution is -2.57. The number of hydrogen-bond acceptors (Lipinski definition) is 5. The van der Waals surface area contributed by atoms with Crippen molar-refractivity contribution < 1.29 is 19.1 Å². The highest BCUT2D eigenvalue weighted by molar-refractivity contribution is 6.24. The van der Waals surface area contributed by atoms with Crippen LogP contribution in [0.15, 0.2) is 66.7 Å². The second-order valence-corrected chi connectivity index (χ2v) is 10.0. The van der Waals surface area contributed by atoms with E-state index in [-0.39, 0.29) is 11.6 Å². The van der Waals surface area contributed by atoms with Gasteiger partial charge in [-0.25, -0.2) is 14.3 Å². The summed E-state index contributed by atoms with van der Waals surface area (Å²) in [5.74, 6) is -1.91. The molecule has 4 unspecified atom stereocenters. The summed E-state index contributed by atoms with van der Waals surface area (Å²) in [6.07, 6.45) is 12.6. The number of carbonyl (C=O) groups is 2. The van der Waals surface area contributed by atoms with Crippen LogP contribution in [0.1, 0.15) is 64.7 Å². The molecule has 7 heteroatoms. The number of imide groups is 1. The van der Waals surface area contributed by atoms with Crippen molar-refractivity contribution in [2.75, 3.05) is 10.3 Å². The number of halogens is 1. The third-order valence-electron chi connectivity index (χ3n) is 7.34. The molecule has 0 saturated carbocycles. The molecule has 2 amide bonds. The highest BCUT2D eigenvalue weighted by Crippen LogP contribution is 2.36. The van der Waals surface area contributed by atoms with E-state index in [0.29, 0.717) is 12.1 Å². The molecule has 2 aliphatic heterocycles. The maximum atomic E-state index is 14.6. The Morgan fingerprint density at radius 3 is 2.22 bits per heavy atom. The van der Waals surface area contributed by atoms with Gasteiger partial charge in [0.2, 0.25) is 5.91 Å². The molecule has 2 N–H and O–H groups in total. The van der Waals surface area contributed by atoms with Crippen LogP contribution in [-0.4, -0.2) is 40.1 Å². The van der Waals surface area contributed by atoms with Crippen molar-refractivity contribution in [3.63, 3.8) is 0 Å². The highest BCUT2D eigenvalue weighted by atomic mass is 19.1. The summed E-state index contributed by atoms with van der Waals surface area (Å²) < 4.78 is 14.6. The molecule has 0 spiro atoms. The fourth-order valence-corrected chi connectivity index (χ4v) is 5.31. The third kappa shape index (κ3) is 6.28. The molecular weight excluding hydrogens is 469 g/mol. The second kappa shape index (κ2) is 13.0. The topological polar surface area (TPSA) is 72.9 Å². The molecule has 1 fully saturated rings. The molecule has 4 rings (SSSR count). The van der Waals surface area contributed by atoms with Crippen LogP contribution in [0.5, 0.6) is 0 Å². The minimum atomic E-state index is -0.893. The lowest BCUT2D eigenvalue weighted by molar-refractivity contribution is -0.123. The zero-order chi connectivity index (χ0) is 26.2. The van der Waals surface area contributed by atoms with E-state index < -0.39 is 35.8 Å². The molecule has 0 aliphatic carbocycles. The predicted molar refractivity (Wildman–Crippen MR) is 144 cm³/mol. The van der Waals surface area contributed by atoms with Crippen LogP contribution in [-0.2, 0) is 9.59 Å². The summed E-state index contributed by atoms with van der Waals surface area (Å²) in [6, 6.07) is 13.6. The quantitative estimate of drug-likeness (QED) is 0.202. The summed E-state index contributed by atoms with van der Waals surface area (Å²) in [5.41, 5.74) is 3.75. The Labute approximate surface area is 219 Å². The smallest absolute Gasteiger partial charge is 0.254 e. The van der Waals surface area contributed by atoms with E-state index in [1.165, 1.54) is 43.1 Å². The Kier molecular flexibility index (Phi) is 9.47. The van der Waals surface area contributed by atoms with Crippen LogP contribution in [0, 0.1) is 11.7 Å². The molecule has 6 nitrogen and oxygen atoms in total. The lowest BCUT2D eigenvalue weighted by atomic mass is 9.91. The fraction of sp³-hybridized carbons (Fsp3) is 0.467. The van der Waals surface area contributed by atoms with E-state index in [1.54, 1.807) is 59.6 Å². The zero-order valence-corrected chi connectivity index (χ0v) is 21.6. The molecule has 1 saturated heterocycles. The van der Waals surface area contributed by atoms with Crippen LogP contribution in [0.2, 0.25) is 0 Å². The van der Waals surface area contributed by atoms with Gasteiger partial charge in [-0.15, -0.1) is 0 Å². The van der Waals surface area contributed by atoms with Crippen LogP contribution in [0.25, 0.3) is 0 Å². The molecule has 0 bridgehead atoms. The molecule has 4 atom stereocenters. The molecular formula is C30H38FN3O3. The van der Waals surface area contributed by atoms with E-state index >= 15 is 0 Å². The number of hydrazine groups is 1. The first-order valence-corrected chi connectivity index (χ1v) is 13.6. The minimum Gasteiger partial charge on any atom is -0.391 e. The van der Waals surface area contributed by atoms with Crippen molar-refractivity contribution in [2.45, 2.75) is 82.9 Å². The second-order valence-electron chi connectivity index (χ2n) is 10.0. The van der Waals surface area contributed by atoms with Crippen molar-refractivity contribution in [1.29, 1.82) is 0 Å². The summed E-state index contributed by atoms with van der Waals surface area (Å²) in [6.45, 7) is 2.21. The molecule has 0 radical (unpaired) electrons. The average Bonchev–Trinajstić information content (AvgIpc) is 3.17. The molecule has 2 aliphatic rings. The number of aliphatic hydroxyl groups is 1. The Bertz CT molecular complexity index is 1080. The SMILES string of the molecule is CCCCCCCCCCC(O)C1C=CC2C(=O)N(c3ccccc3)C(=O)C2N1Nc1ccccc1F. The van der Waals surface area contributed by atoms with Gasteiger partial charge < -0.3 is 10.5 Å². The third-order valence-corrected chi connectivity index (χ3v) is 7.34. The monoisotopic (exact) mass is 507 g/mol. The Morgan fingerprint density at radius 2 is 1.51 bits per heavy atom. The van der Waals surface area contributed by atoms with Crippen LogP contribution < -0.4 is 10.3 Å². The van der Waals surface area contributed by atoms with Crippen LogP contribution in [0.4, 0.5) is 15.8 Å². The average molecular weight is 508 g/mol. The molecule has 198 valence electrons. The van der Waals surface area contributed by atoms with Gasteiger partial charge >= 0.3 is 0 Å². The van der Waals surface area contributed by atoms with Crippen molar-refractivity contribution in [1.82, 2.24) is 5.01 Å². The summed E-state index contributed by atoms with van der Waals surface area (Å²) in [4.78, 5) is 28.1. The standard InChI is InChI=1S/C30H38FN3O3/c1-2-3-4-5-6-7-8-12-19-27(35)26-21-20-23-28(34(26)32-25-18-14-13-17-24(25)31)30(37)33(29(23)36)22-15-10-9-11-16-22/h9-11,13-18,20-21,23,26-28,32,35H,2-8,12,19H2,1H3. The number of aliphatic hydroxyl groups excluding tert-OH is 1. The number of para-hydroxylation sites is 2. The molecule has 0 aromatic heterocycles. The van der Waals surface area contributed by atoms with Crippen molar-refractivity contribution >= 4 is 23.2 Å². The predicted octanol–water partition coefficient (Wildman–Crippen LogP) is 5.84. The first-order chi connectivity index (χ1) is 18.0. The molecule has 37 heavy (non-hydrogen) atoms. The minimum absolute atomic E-state index is 0.194. The number of anilines is 2. The molecule has 2 aromatic carbocycles. The highest BCUT2D eigenvalue weighted by Gasteiger charge is 2.54. The molecule has 2 heterocycles. The van der Waals surface area contributed by atoms with Gasteiger partial charge in [-0.1, -0.05) is 101 Å². The van der Waals surface area contributed by atoms with E-state index in [0.717, 1.165) is 19.3 Å². The first kappa shape index (κ1) is 27.0. The fourth-order valence-electron chi connectivity index (χ4n) is 5.31. The van der Waals surface area contributed by atoms with E-state index in [2.05, 4.69) is 12.3 Å². The number of benzene rings is 2. The van der Waals surface area contributed by atoms with Crippen LogP contribution in [0.3, 0.4) is 0 Å². The van der Waals surface area contributed by atoms with Crippen LogP contribution >= 0.6 is 0 Å². The summed E-state index contributed by atoms with van der Waals surface area (Å²) in [7, 11) is 0. The van der Waals surface area contributed by atoms with Gasteiger partial charge in [0.05, 0.1) is 29.4 Å². The van der Waals surface area contributed by atoms with E-state index in [4.69, 9.17) is 0 Å². The van der Waals surface area contributed by atoms with Gasteiger partial charge in [-0.3, -0.25) is 9.59 Å². The lowest BCUT2D eigenvalue weighted by Gasteiger charge is -2.40. The largest absolute Gasteiger partial charge is 0.391 e. The maximum absolute atomic E-state index is 14.6. The number of nitrogens with zero attached hydrogens (tertiary/aromatic N) is 2. The number of amides is 2. The van der Waals surface area contributed by atoms with Gasteiger partial charge in [0.25, 0.3) is 5.91 Å². The number of rotatable bonds is 13. The summed E-state index contributed by atoms with van der Waals surface area (Å²) in [5, 5.41) is 12.8. The normalized spacial score (nSPS) is 22.4. The number of carbonyl (C=O) groups excluding carboxylic acids is 2. The molecule has 2 aromatic rings. The zero-order valence-electron chi connectivity index (χ0n) is 21.6. The Balaban J connectivity index is 1.49. The number of nitrogens with one attached hydrogen (secondary N) is 1. The number of unbranched alkanes of at least 4 members (excludes halogenated alkanes) is 7. The Morgan fingerprint density at radius 1 is 0.865 bits per heavy atom. The van der Waals surface area contributed by atoms with Gasteiger partial charge in [0.15, 0.2) is 0 Å². The van der Waals surface area contributed by atoms with Gasteiger partial charge in [-0.05, 0) is 30.7 Å². The van der Waals surface area contributed by atoms with Gasteiger partial charge in [0.1, 0.15) is 11.9 Å². The van der Waals surface area contributed by atoms with Gasteiger partial charge in [-0.2, -0.15) is 0 Å².